The maximum absolute atomic E-state index is 11.8. The molecule has 1 rings (SSSR count). The van der Waals surface area contributed by atoms with Crippen LogP contribution in [-0.4, -0.2) is 43.8 Å². The molecule has 0 saturated heterocycles. The quantitative estimate of drug-likeness (QED) is 0.727. The summed E-state index contributed by atoms with van der Waals surface area (Å²) in [7, 11) is 4.03. The zero-order valence-electron chi connectivity index (χ0n) is 13.5. The minimum absolute atomic E-state index is 0.499. The number of likely N-dealkylation sites (N-methyl/N-ethyl adjacent to an activating group) is 1. The lowest BCUT2D eigenvalue weighted by Gasteiger charge is -2.20. The van der Waals surface area contributed by atoms with Crippen LogP contribution in [0.3, 0.4) is 0 Å². The van der Waals surface area contributed by atoms with Crippen LogP contribution >= 0.6 is 0 Å². The van der Waals surface area contributed by atoms with Crippen molar-refractivity contribution in [3.63, 3.8) is 0 Å². The summed E-state index contributed by atoms with van der Waals surface area (Å²) in [6.07, 6.45) is -0.514. The molecule has 118 valence electrons. The molecule has 0 radical (unpaired) electrons. The van der Waals surface area contributed by atoms with E-state index in [1.54, 1.807) is 12.1 Å². The fourth-order valence-electron chi connectivity index (χ4n) is 1.61. The zero-order valence-corrected chi connectivity index (χ0v) is 13.5. The Morgan fingerprint density at radius 2 is 2.00 bits per heavy atom. The van der Waals surface area contributed by atoms with Crippen LogP contribution in [0.25, 0.3) is 0 Å². The number of anilines is 3. The van der Waals surface area contributed by atoms with Crippen molar-refractivity contribution >= 4 is 23.2 Å². The molecule has 0 unspecified atom stereocenters. The normalized spacial score (nSPS) is 11.3. The van der Waals surface area contributed by atoms with Crippen molar-refractivity contribution in [2.75, 3.05) is 43.6 Å². The van der Waals surface area contributed by atoms with Gasteiger partial charge in [-0.3, -0.25) is 5.32 Å². The summed E-state index contributed by atoms with van der Waals surface area (Å²) in [5, 5.41) is 5.95. The molecule has 1 amide bonds. The molecule has 6 nitrogen and oxygen atoms in total. The Morgan fingerprint density at radius 1 is 1.33 bits per heavy atom. The predicted molar refractivity (Wildman–Crippen MR) is 87.8 cm³/mol. The SMILES string of the molecule is CN(C)CCNc1ccc(N)c(NC(=O)OC(C)(C)C)c1. The van der Waals surface area contributed by atoms with Gasteiger partial charge in [0.2, 0.25) is 0 Å². The number of benzene rings is 1. The average molecular weight is 294 g/mol. The summed E-state index contributed by atoms with van der Waals surface area (Å²) in [4.78, 5) is 13.9. The van der Waals surface area contributed by atoms with Crippen LogP contribution in [0.15, 0.2) is 18.2 Å². The second kappa shape index (κ2) is 7.17. The van der Waals surface area contributed by atoms with Crippen LogP contribution in [0, 0.1) is 0 Å². The van der Waals surface area contributed by atoms with Gasteiger partial charge >= 0.3 is 6.09 Å². The highest BCUT2D eigenvalue weighted by atomic mass is 16.6. The Balaban J connectivity index is 2.67. The Hall–Kier alpha value is -1.95. The summed E-state index contributed by atoms with van der Waals surface area (Å²) >= 11 is 0. The first kappa shape index (κ1) is 17.1. The number of rotatable bonds is 5. The summed E-state index contributed by atoms with van der Waals surface area (Å²) in [6.45, 7) is 7.17. The largest absolute Gasteiger partial charge is 0.444 e. The van der Waals surface area contributed by atoms with Crippen molar-refractivity contribution in [1.29, 1.82) is 0 Å². The molecule has 0 atom stereocenters. The molecule has 1 aromatic rings. The van der Waals surface area contributed by atoms with E-state index in [2.05, 4.69) is 15.5 Å². The molecule has 0 spiro atoms. The van der Waals surface area contributed by atoms with Crippen LogP contribution in [0.2, 0.25) is 0 Å². The number of nitrogens with one attached hydrogen (secondary N) is 2. The van der Waals surface area contributed by atoms with E-state index in [9.17, 15) is 4.79 Å². The number of nitrogens with two attached hydrogens (primary N) is 1. The Bertz CT molecular complexity index is 481. The highest BCUT2D eigenvalue weighted by Crippen LogP contribution is 2.23. The molecular formula is C15H26N4O2. The van der Waals surface area contributed by atoms with Gasteiger partial charge in [0.25, 0.3) is 0 Å². The van der Waals surface area contributed by atoms with Crippen molar-refractivity contribution in [1.82, 2.24) is 4.90 Å². The number of nitrogen functional groups attached to an aromatic ring is 1. The molecule has 6 heteroatoms. The third-order valence-corrected chi connectivity index (χ3v) is 2.58. The number of carbonyl (C=O) groups excluding carboxylic acids is 1. The Labute approximate surface area is 126 Å². The maximum atomic E-state index is 11.8. The molecule has 0 aliphatic carbocycles. The van der Waals surface area contributed by atoms with Gasteiger partial charge in [0, 0.05) is 18.8 Å². The highest BCUT2D eigenvalue weighted by Gasteiger charge is 2.17. The van der Waals surface area contributed by atoms with E-state index in [-0.39, 0.29) is 0 Å². The van der Waals surface area contributed by atoms with Gasteiger partial charge in [-0.1, -0.05) is 0 Å². The number of hydrogen-bond acceptors (Lipinski definition) is 5. The van der Waals surface area contributed by atoms with Gasteiger partial charge in [-0.05, 0) is 53.1 Å². The second-order valence-electron chi connectivity index (χ2n) is 6.16. The number of hydrogen-bond donors (Lipinski definition) is 3. The Kier molecular flexibility index (Phi) is 5.84. The maximum Gasteiger partial charge on any atom is 0.412 e. The minimum Gasteiger partial charge on any atom is -0.444 e. The third kappa shape index (κ3) is 6.85. The number of amides is 1. The molecule has 1 aromatic carbocycles. The van der Waals surface area contributed by atoms with Crippen molar-refractivity contribution in [3.8, 4) is 0 Å². The van der Waals surface area contributed by atoms with Crippen LogP contribution in [0.5, 0.6) is 0 Å². The van der Waals surface area contributed by atoms with E-state index in [4.69, 9.17) is 10.5 Å². The van der Waals surface area contributed by atoms with E-state index < -0.39 is 11.7 Å². The molecule has 0 fully saturated rings. The fourth-order valence-corrected chi connectivity index (χ4v) is 1.61. The molecule has 0 heterocycles. The topological polar surface area (TPSA) is 79.6 Å². The van der Waals surface area contributed by atoms with E-state index in [1.165, 1.54) is 0 Å². The third-order valence-electron chi connectivity index (χ3n) is 2.58. The molecule has 0 saturated carbocycles. The Morgan fingerprint density at radius 3 is 2.57 bits per heavy atom. The lowest BCUT2D eigenvalue weighted by Crippen LogP contribution is -2.27. The molecule has 4 N–H and O–H groups in total. The van der Waals surface area contributed by atoms with Crippen LogP contribution in [0.4, 0.5) is 21.9 Å². The standard InChI is InChI=1S/C15H26N4O2/c1-15(2,3)21-14(20)18-13-10-11(6-7-12(13)16)17-8-9-19(4)5/h6-7,10,17H,8-9,16H2,1-5H3,(H,18,20). The lowest BCUT2D eigenvalue weighted by molar-refractivity contribution is 0.0636. The monoisotopic (exact) mass is 294 g/mol. The van der Waals surface area contributed by atoms with Crippen LogP contribution in [0.1, 0.15) is 20.8 Å². The summed E-state index contributed by atoms with van der Waals surface area (Å²) in [6, 6.07) is 5.44. The van der Waals surface area contributed by atoms with Crippen molar-refractivity contribution in [3.05, 3.63) is 18.2 Å². The molecule has 0 aliphatic rings. The van der Waals surface area contributed by atoms with Gasteiger partial charge < -0.3 is 20.7 Å². The van der Waals surface area contributed by atoms with Gasteiger partial charge in [-0.2, -0.15) is 0 Å². The van der Waals surface area contributed by atoms with Gasteiger partial charge in [-0.15, -0.1) is 0 Å². The van der Waals surface area contributed by atoms with Crippen LogP contribution in [-0.2, 0) is 4.74 Å². The van der Waals surface area contributed by atoms with E-state index in [0.717, 1.165) is 18.8 Å². The molecule has 0 aromatic heterocycles. The zero-order chi connectivity index (χ0) is 16.0. The first-order chi connectivity index (χ1) is 9.67. The molecular weight excluding hydrogens is 268 g/mol. The van der Waals surface area contributed by atoms with Gasteiger partial charge in [0.1, 0.15) is 5.60 Å². The van der Waals surface area contributed by atoms with Crippen molar-refractivity contribution < 1.29 is 9.53 Å². The molecule has 0 aliphatic heterocycles. The van der Waals surface area contributed by atoms with Gasteiger partial charge in [0.15, 0.2) is 0 Å². The molecule has 0 bridgehead atoms. The smallest absolute Gasteiger partial charge is 0.412 e. The second-order valence-corrected chi connectivity index (χ2v) is 6.16. The first-order valence-corrected chi connectivity index (χ1v) is 6.95. The number of nitrogens with zero attached hydrogens (tertiary/aromatic N) is 1. The minimum atomic E-state index is -0.541. The lowest BCUT2D eigenvalue weighted by atomic mass is 10.2. The van der Waals surface area contributed by atoms with E-state index in [0.29, 0.717) is 11.4 Å². The summed E-state index contributed by atoms with van der Waals surface area (Å²) < 4.78 is 5.22. The van der Waals surface area contributed by atoms with Crippen LogP contribution < -0.4 is 16.4 Å². The summed E-state index contributed by atoms with van der Waals surface area (Å²) in [5.74, 6) is 0. The van der Waals surface area contributed by atoms with Crippen molar-refractivity contribution in [2.45, 2.75) is 26.4 Å². The molecule has 21 heavy (non-hydrogen) atoms. The fraction of sp³-hybridized carbons (Fsp3) is 0.533. The summed E-state index contributed by atoms with van der Waals surface area (Å²) in [5.41, 5.74) is 7.27. The number of carbonyl (C=O) groups is 1. The van der Waals surface area contributed by atoms with Crippen molar-refractivity contribution in [2.24, 2.45) is 0 Å². The highest BCUT2D eigenvalue weighted by molar-refractivity contribution is 5.90. The van der Waals surface area contributed by atoms with E-state index in [1.807, 2.05) is 40.9 Å². The van der Waals surface area contributed by atoms with Gasteiger partial charge in [0.05, 0.1) is 11.4 Å². The number of ether oxygens (including phenoxy) is 1. The van der Waals surface area contributed by atoms with Gasteiger partial charge in [-0.25, -0.2) is 4.79 Å². The van der Waals surface area contributed by atoms with E-state index >= 15 is 0 Å². The first-order valence-electron chi connectivity index (χ1n) is 6.95. The average Bonchev–Trinajstić information content (AvgIpc) is 2.30. The predicted octanol–water partition coefficient (Wildman–Crippen LogP) is 2.59.